The van der Waals surface area contributed by atoms with Crippen molar-refractivity contribution in [2.24, 2.45) is 0 Å². The molecule has 0 aliphatic heterocycles. The summed E-state index contributed by atoms with van der Waals surface area (Å²) in [7, 11) is 0. The number of aromatic nitrogens is 2. The summed E-state index contributed by atoms with van der Waals surface area (Å²) in [6.07, 6.45) is 1.81. The Kier molecular flexibility index (Phi) is 5.01. The summed E-state index contributed by atoms with van der Waals surface area (Å²) in [6, 6.07) is 23.1. The van der Waals surface area contributed by atoms with Crippen LogP contribution in [0.4, 0.5) is 0 Å². The number of hydrogen-bond donors (Lipinski definition) is 1. The van der Waals surface area contributed by atoms with E-state index in [1.165, 1.54) is 11.5 Å². The third kappa shape index (κ3) is 3.56. The molecule has 0 spiro atoms. The zero-order valence-electron chi connectivity index (χ0n) is 11.9. The third-order valence-electron chi connectivity index (χ3n) is 3.15. The maximum atomic E-state index is 10.8. The van der Waals surface area contributed by atoms with Crippen LogP contribution in [-0.4, -0.2) is 15.4 Å². The minimum Gasteiger partial charge on any atom is -0.412 e. The van der Waals surface area contributed by atoms with Crippen molar-refractivity contribution in [1.82, 2.24) is 9.97 Å². The Bertz CT molecular complexity index is 867. The summed E-state index contributed by atoms with van der Waals surface area (Å²) in [5, 5.41) is 2.26. The summed E-state index contributed by atoms with van der Waals surface area (Å²) in [5.41, 5.74) is 1.90. The number of nitrogens with zero attached hydrogens (tertiary/aromatic N) is 1. The summed E-state index contributed by atoms with van der Waals surface area (Å²) < 4.78 is 0. The molecule has 4 heteroatoms. The monoisotopic (exact) mass is 292 g/mol. The Morgan fingerprint density at radius 2 is 1.41 bits per heavy atom. The highest BCUT2D eigenvalue weighted by Crippen LogP contribution is 2.08. The van der Waals surface area contributed by atoms with E-state index >= 15 is 0 Å². The predicted octanol–water partition coefficient (Wildman–Crippen LogP) is 2.94. The smallest absolute Gasteiger partial charge is 0.248 e. The number of aromatic amines is 1. The van der Waals surface area contributed by atoms with Gasteiger partial charge in [0.1, 0.15) is 0 Å². The van der Waals surface area contributed by atoms with Crippen LogP contribution < -0.4 is 5.56 Å². The van der Waals surface area contributed by atoms with E-state index < -0.39 is 0 Å². The number of hydrogen-bond acceptors (Lipinski definition) is 2. The Morgan fingerprint density at radius 1 is 0.727 bits per heavy atom. The minimum atomic E-state index is -0.0521. The molecule has 2 aromatic heterocycles. The van der Waals surface area contributed by atoms with Crippen LogP contribution in [0.25, 0.3) is 21.8 Å². The highest BCUT2D eigenvalue weighted by molar-refractivity contribution is 5.78. The van der Waals surface area contributed by atoms with Crippen molar-refractivity contribution in [3.8, 4) is 0 Å². The van der Waals surface area contributed by atoms with Gasteiger partial charge >= 0.3 is 0 Å². The highest BCUT2D eigenvalue weighted by atomic mass is 16.1. The van der Waals surface area contributed by atoms with Gasteiger partial charge in [-0.1, -0.05) is 42.5 Å². The van der Waals surface area contributed by atoms with Crippen molar-refractivity contribution in [2.45, 2.75) is 0 Å². The Hall–Kier alpha value is -2.98. The number of benzene rings is 2. The zero-order valence-corrected chi connectivity index (χ0v) is 11.9. The molecule has 22 heavy (non-hydrogen) atoms. The second kappa shape index (κ2) is 7.15. The topological polar surface area (TPSA) is 77.2 Å². The third-order valence-corrected chi connectivity index (χ3v) is 3.15. The van der Waals surface area contributed by atoms with Gasteiger partial charge in [0.05, 0.1) is 5.52 Å². The predicted molar refractivity (Wildman–Crippen MR) is 89.9 cm³/mol. The SMILES string of the molecule is O.O=c1ccc2ccccc2[nH]1.c1ccc2ncccc2c1. The van der Waals surface area contributed by atoms with Crippen LogP contribution >= 0.6 is 0 Å². The number of fused-ring (bicyclic) bond motifs is 2. The van der Waals surface area contributed by atoms with Gasteiger partial charge in [0.2, 0.25) is 5.56 Å². The number of para-hydroxylation sites is 2. The van der Waals surface area contributed by atoms with Crippen molar-refractivity contribution in [3.63, 3.8) is 0 Å². The summed E-state index contributed by atoms with van der Waals surface area (Å²) in [6.45, 7) is 0. The Labute approximate surface area is 127 Å². The van der Waals surface area contributed by atoms with E-state index in [0.717, 1.165) is 16.4 Å². The Morgan fingerprint density at radius 3 is 2.23 bits per heavy atom. The maximum absolute atomic E-state index is 10.8. The fourth-order valence-corrected chi connectivity index (χ4v) is 2.11. The lowest BCUT2D eigenvalue weighted by atomic mass is 10.2. The van der Waals surface area contributed by atoms with Gasteiger partial charge in [-0.3, -0.25) is 9.78 Å². The molecule has 0 saturated carbocycles. The fraction of sp³-hybridized carbons (Fsp3) is 0. The molecule has 0 aliphatic carbocycles. The number of nitrogens with one attached hydrogen (secondary N) is 1. The lowest BCUT2D eigenvalue weighted by Crippen LogP contribution is -2.01. The van der Waals surface area contributed by atoms with Gasteiger partial charge in [-0.05, 0) is 29.7 Å². The highest BCUT2D eigenvalue weighted by Gasteiger charge is 1.89. The van der Waals surface area contributed by atoms with Crippen LogP contribution in [0.15, 0.2) is 83.8 Å². The first-order valence-electron chi connectivity index (χ1n) is 6.71. The largest absolute Gasteiger partial charge is 0.412 e. The van der Waals surface area contributed by atoms with Crippen molar-refractivity contribution in [3.05, 3.63) is 89.3 Å². The standard InChI is InChI=1S/C9H7NO.C9H7N.H2O/c11-9-6-5-7-3-1-2-4-8(7)10-9;1-2-6-9-8(4-1)5-3-7-10-9;/h1-6H,(H,10,11);1-7H;1H2. The first-order chi connectivity index (χ1) is 10.3. The van der Waals surface area contributed by atoms with Gasteiger partial charge in [0, 0.05) is 23.2 Å². The molecule has 0 amide bonds. The first kappa shape index (κ1) is 15.4. The van der Waals surface area contributed by atoms with Gasteiger partial charge < -0.3 is 10.5 Å². The fourth-order valence-electron chi connectivity index (χ4n) is 2.11. The van der Waals surface area contributed by atoms with Gasteiger partial charge in [-0.2, -0.15) is 0 Å². The quantitative estimate of drug-likeness (QED) is 0.541. The minimum absolute atomic E-state index is 0. The lowest BCUT2D eigenvalue weighted by Gasteiger charge is -1.93. The molecule has 0 unspecified atom stereocenters. The maximum Gasteiger partial charge on any atom is 0.248 e. The van der Waals surface area contributed by atoms with Gasteiger partial charge in [-0.25, -0.2) is 0 Å². The average Bonchev–Trinajstić information content (AvgIpc) is 2.55. The molecule has 110 valence electrons. The average molecular weight is 292 g/mol. The second-order valence-corrected chi connectivity index (χ2v) is 4.61. The van der Waals surface area contributed by atoms with Crippen LogP contribution in [0.2, 0.25) is 0 Å². The van der Waals surface area contributed by atoms with E-state index in [1.54, 1.807) is 0 Å². The molecule has 0 saturated heterocycles. The van der Waals surface area contributed by atoms with Crippen LogP contribution in [0.3, 0.4) is 0 Å². The van der Waals surface area contributed by atoms with Crippen LogP contribution in [0.1, 0.15) is 0 Å². The molecule has 0 radical (unpaired) electrons. The summed E-state index contributed by atoms with van der Waals surface area (Å²) in [5.74, 6) is 0. The van der Waals surface area contributed by atoms with E-state index in [0.29, 0.717) is 0 Å². The molecule has 0 aliphatic rings. The molecule has 0 atom stereocenters. The lowest BCUT2D eigenvalue weighted by molar-refractivity contribution is 0.824. The second-order valence-electron chi connectivity index (χ2n) is 4.61. The molecule has 2 heterocycles. The zero-order chi connectivity index (χ0) is 14.5. The van der Waals surface area contributed by atoms with E-state index in [-0.39, 0.29) is 11.0 Å². The van der Waals surface area contributed by atoms with Crippen molar-refractivity contribution >= 4 is 21.8 Å². The van der Waals surface area contributed by atoms with Crippen LogP contribution in [0, 0.1) is 0 Å². The molecule has 2 aromatic carbocycles. The molecule has 0 fully saturated rings. The van der Waals surface area contributed by atoms with Gasteiger partial charge in [0.25, 0.3) is 0 Å². The number of rotatable bonds is 0. The van der Waals surface area contributed by atoms with Crippen molar-refractivity contribution in [2.75, 3.05) is 0 Å². The van der Waals surface area contributed by atoms with Crippen LogP contribution in [0.5, 0.6) is 0 Å². The van der Waals surface area contributed by atoms with Gasteiger partial charge in [0.15, 0.2) is 0 Å². The molecule has 0 bridgehead atoms. The van der Waals surface area contributed by atoms with Crippen molar-refractivity contribution < 1.29 is 5.48 Å². The summed E-state index contributed by atoms with van der Waals surface area (Å²) >= 11 is 0. The molecule has 4 nitrogen and oxygen atoms in total. The van der Waals surface area contributed by atoms with Crippen LogP contribution in [-0.2, 0) is 0 Å². The number of H-pyrrole nitrogens is 1. The first-order valence-corrected chi connectivity index (χ1v) is 6.71. The summed E-state index contributed by atoms with van der Waals surface area (Å²) in [4.78, 5) is 17.7. The number of pyridine rings is 2. The van der Waals surface area contributed by atoms with E-state index in [9.17, 15) is 4.79 Å². The molecule has 4 aromatic rings. The molecular formula is C18H16N2O2. The Balaban J connectivity index is 0.000000154. The van der Waals surface area contributed by atoms with Gasteiger partial charge in [-0.15, -0.1) is 0 Å². The van der Waals surface area contributed by atoms with Crippen molar-refractivity contribution in [1.29, 1.82) is 0 Å². The van der Waals surface area contributed by atoms with E-state index in [4.69, 9.17) is 0 Å². The van der Waals surface area contributed by atoms with E-state index in [2.05, 4.69) is 22.1 Å². The van der Waals surface area contributed by atoms with E-state index in [1.807, 2.05) is 60.8 Å². The molecule has 3 N–H and O–H groups in total. The molecule has 4 rings (SSSR count). The molecular weight excluding hydrogens is 276 g/mol. The normalized spacial score (nSPS) is 9.64.